The standard InChI is InChI=1S/2C18H15OP.2ClH.Zr/c2*19-17-13-7-8-14-18(17)20(15-9-3-1-4-10-15)16-11-5-2-6-12-16;;;/h2*1-14,19H;2*1H;/q;;;;+2/p-2. The Morgan fingerprint density at radius 3 is 0.744 bits per heavy atom. The van der Waals surface area contributed by atoms with Crippen LogP contribution in [0, 0.1) is 0 Å². The Kier molecular flexibility index (Phi) is 15.9. The van der Waals surface area contributed by atoms with E-state index in [9.17, 15) is 10.2 Å². The fourth-order valence-electron chi connectivity index (χ4n) is 4.47. The van der Waals surface area contributed by atoms with E-state index in [-0.39, 0.29) is 51.0 Å². The Morgan fingerprint density at radius 1 is 0.302 bits per heavy atom. The Balaban J connectivity index is 0.000000281. The van der Waals surface area contributed by atoms with Crippen LogP contribution in [-0.4, -0.2) is 10.2 Å². The van der Waals surface area contributed by atoms with Crippen molar-refractivity contribution in [2.75, 3.05) is 0 Å². The van der Waals surface area contributed by atoms with Gasteiger partial charge in [0, 0.05) is 10.6 Å². The molecule has 6 rings (SSSR count). The Hall–Kier alpha value is -2.76. The SMILES string of the molecule is Oc1ccccc1P(c1ccccc1)c1ccccc1.Oc1ccccc1P(c1ccccc1)c1ccccc1.[Cl-].[Cl-].[Zr+2]. The zero-order valence-electron chi connectivity index (χ0n) is 23.2. The van der Waals surface area contributed by atoms with E-state index in [0.29, 0.717) is 11.5 Å². The third-order valence-electron chi connectivity index (χ3n) is 6.30. The van der Waals surface area contributed by atoms with Crippen LogP contribution in [0.2, 0.25) is 0 Å². The average molecular weight is 719 g/mol. The van der Waals surface area contributed by atoms with E-state index in [1.54, 1.807) is 12.1 Å². The van der Waals surface area contributed by atoms with Crippen LogP contribution < -0.4 is 56.6 Å². The van der Waals surface area contributed by atoms with Crippen molar-refractivity contribution in [1.82, 2.24) is 0 Å². The number of rotatable bonds is 6. The van der Waals surface area contributed by atoms with Gasteiger partial charge in [0.05, 0.1) is 0 Å². The van der Waals surface area contributed by atoms with Gasteiger partial charge in [-0.05, 0) is 49.2 Å². The number of hydrogen-bond donors (Lipinski definition) is 2. The molecule has 0 spiro atoms. The summed E-state index contributed by atoms with van der Waals surface area (Å²) in [6.45, 7) is 0. The fourth-order valence-corrected chi connectivity index (χ4v) is 9.14. The van der Waals surface area contributed by atoms with Crippen LogP contribution in [0.4, 0.5) is 0 Å². The predicted molar refractivity (Wildman–Crippen MR) is 174 cm³/mol. The van der Waals surface area contributed by atoms with Gasteiger partial charge in [-0.15, -0.1) is 0 Å². The second kappa shape index (κ2) is 18.8. The first-order valence-electron chi connectivity index (χ1n) is 13.1. The van der Waals surface area contributed by atoms with Gasteiger partial charge in [0.25, 0.3) is 0 Å². The Morgan fingerprint density at radius 2 is 0.512 bits per heavy atom. The third kappa shape index (κ3) is 9.61. The van der Waals surface area contributed by atoms with E-state index in [0.717, 1.165) is 10.6 Å². The molecule has 2 nitrogen and oxygen atoms in total. The number of phenols is 2. The van der Waals surface area contributed by atoms with Gasteiger partial charge in [0.15, 0.2) is 0 Å². The number of aromatic hydroxyl groups is 2. The molecule has 0 saturated heterocycles. The smallest absolute Gasteiger partial charge is 1.00 e. The molecule has 214 valence electrons. The molecule has 2 N–H and O–H groups in total. The quantitative estimate of drug-likeness (QED) is 0.244. The summed E-state index contributed by atoms with van der Waals surface area (Å²) in [6.07, 6.45) is 0. The van der Waals surface area contributed by atoms with E-state index in [2.05, 4.69) is 48.5 Å². The number of hydrogen-bond acceptors (Lipinski definition) is 2. The first-order valence-corrected chi connectivity index (χ1v) is 15.8. The second-order valence-electron chi connectivity index (χ2n) is 8.99. The van der Waals surface area contributed by atoms with Gasteiger partial charge in [-0.2, -0.15) is 0 Å². The molecule has 7 heteroatoms. The number of halogens is 2. The van der Waals surface area contributed by atoms with Gasteiger partial charge >= 0.3 is 26.2 Å². The normalized spacial score (nSPS) is 9.91. The summed E-state index contributed by atoms with van der Waals surface area (Å²) in [5.74, 6) is 0.734. The van der Waals surface area contributed by atoms with Crippen LogP contribution >= 0.6 is 15.8 Å². The molecule has 6 aromatic rings. The summed E-state index contributed by atoms with van der Waals surface area (Å²) in [5.41, 5.74) is 0. The van der Waals surface area contributed by atoms with Gasteiger partial charge in [-0.1, -0.05) is 158 Å². The first-order chi connectivity index (χ1) is 19.7. The monoisotopic (exact) mass is 716 g/mol. The second-order valence-corrected chi connectivity index (χ2v) is 13.4. The van der Waals surface area contributed by atoms with Crippen LogP contribution in [0.5, 0.6) is 11.5 Å². The molecule has 43 heavy (non-hydrogen) atoms. The molecule has 6 aromatic carbocycles. The van der Waals surface area contributed by atoms with E-state index >= 15 is 0 Å². The van der Waals surface area contributed by atoms with Crippen molar-refractivity contribution >= 4 is 47.7 Å². The van der Waals surface area contributed by atoms with Crippen LogP contribution in [0.3, 0.4) is 0 Å². The van der Waals surface area contributed by atoms with E-state index in [1.165, 1.54) is 21.2 Å². The van der Waals surface area contributed by atoms with Crippen molar-refractivity contribution in [3.8, 4) is 11.5 Å². The molecule has 0 fully saturated rings. The van der Waals surface area contributed by atoms with Gasteiger partial charge in [0.1, 0.15) is 11.5 Å². The Labute approximate surface area is 288 Å². The largest absolute Gasteiger partial charge is 2.00 e. The van der Waals surface area contributed by atoms with Gasteiger partial charge < -0.3 is 35.0 Å². The number of benzene rings is 6. The fraction of sp³-hybridized carbons (Fsp3) is 0. The van der Waals surface area contributed by atoms with Crippen LogP contribution in [0.15, 0.2) is 170 Å². The molecular weight excluding hydrogens is 688 g/mol. The summed E-state index contributed by atoms with van der Waals surface area (Å²) in [7, 11) is -1.43. The summed E-state index contributed by atoms with van der Waals surface area (Å²) in [6, 6.07) is 56.8. The van der Waals surface area contributed by atoms with Crippen molar-refractivity contribution < 1.29 is 61.2 Å². The van der Waals surface area contributed by atoms with E-state index in [1.807, 2.05) is 109 Å². The zero-order valence-corrected chi connectivity index (χ0v) is 29.0. The molecule has 0 unspecified atom stereocenters. The van der Waals surface area contributed by atoms with Crippen molar-refractivity contribution in [2.24, 2.45) is 0 Å². The van der Waals surface area contributed by atoms with Gasteiger partial charge in [0.2, 0.25) is 0 Å². The molecule has 0 radical (unpaired) electrons. The minimum Gasteiger partial charge on any atom is -1.00 e. The summed E-state index contributed by atoms with van der Waals surface area (Å²) >= 11 is 0. The molecule has 0 aliphatic heterocycles. The maximum atomic E-state index is 10.2. The molecule has 0 saturated carbocycles. The first kappa shape index (κ1) is 36.4. The molecule has 0 aliphatic rings. The molecule has 0 amide bonds. The Bertz CT molecular complexity index is 1420. The van der Waals surface area contributed by atoms with E-state index in [4.69, 9.17) is 0 Å². The molecule has 0 heterocycles. The minimum absolute atomic E-state index is 0. The van der Waals surface area contributed by atoms with E-state index < -0.39 is 15.8 Å². The molecular formula is C36H30Cl2O2P2Zr. The van der Waals surface area contributed by atoms with Crippen LogP contribution in [0.25, 0.3) is 0 Å². The average Bonchev–Trinajstić information content (AvgIpc) is 3.02. The molecule has 0 bridgehead atoms. The minimum atomic E-state index is -0.717. The van der Waals surface area contributed by atoms with Crippen molar-refractivity contribution in [1.29, 1.82) is 0 Å². The topological polar surface area (TPSA) is 40.5 Å². The zero-order chi connectivity index (χ0) is 27.6. The molecule has 0 aliphatic carbocycles. The number of para-hydroxylation sites is 2. The van der Waals surface area contributed by atoms with Crippen molar-refractivity contribution in [3.63, 3.8) is 0 Å². The summed E-state index contributed by atoms with van der Waals surface area (Å²) < 4.78 is 0. The molecule has 0 atom stereocenters. The van der Waals surface area contributed by atoms with Gasteiger partial charge in [-0.25, -0.2) is 0 Å². The molecule has 0 aromatic heterocycles. The van der Waals surface area contributed by atoms with Gasteiger partial charge in [-0.3, -0.25) is 0 Å². The van der Waals surface area contributed by atoms with Crippen LogP contribution in [0.1, 0.15) is 0 Å². The van der Waals surface area contributed by atoms with Crippen molar-refractivity contribution in [3.05, 3.63) is 170 Å². The third-order valence-corrected chi connectivity index (χ3v) is 11.3. The maximum absolute atomic E-state index is 10.2. The predicted octanol–water partition coefficient (Wildman–Crippen LogP) is 0.306. The van der Waals surface area contributed by atoms with Crippen molar-refractivity contribution in [2.45, 2.75) is 0 Å². The number of phenolic OH excluding ortho intramolecular Hbond substituents is 2. The maximum Gasteiger partial charge on any atom is 2.00 e. The summed E-state index contributed by atoms with van der Waals surface area (Å²) in [5, 5.41) is 27.4. The van der Waals surface area contributed by atoms with Crippen LogP contribution in [-0.2, 0) is 26.2 Å². The summed E-state index contributed by atoms with van der Waals surface area (Å²) in [4.78, 5) is 0.